The van der Waals surface area contributed by atoms with Crippen LogP contribution >= 0.6 is 11.6 Å². The van der Waals surface area contributed by atoms with Gasteiger partial charge in [-0.2, -0.15) is 0 Å². The van der Waals surface area contributed by atoms with E-state index in [2.05, 4.69) is 12.2 Å². The van der Waals surface area contributed by atoms with Gasteiger partial charge in [-0.05, 0) is 51.7 Å². The number of benzene rings is 1. The van der Waals surface area contributed by atoms with Crippen molar-refractivity contribution in [2.45, 2.75) is 52.2 Å². The van der Waals surface area contributed by atoms with Crippen molar-refractivity contribution < 1.29 is 9.31 Å². The predicted molar refractivity (Wildman–Crippen MR) is 85.9 cm³/mol. The van der Waals surface area contributed by atoms with Crippen molar-refractivity contribution in [2.24, 2.45) is 0 Å². The fraction of sp³-hybridized carbons (Fsp3) is 0.600. The van der Waals surface area contributed by atoms with Crippen LogP contribution in [0.5, 0.6) is 0 Å². The molecule has 1 aliphatic heterocycles. The molecule has 0 bridgehead atoms. The SMILES string of the molecule is CCCNc1ccc(B2OC(C)(C)C(C)(C)O2)cc1Cl. The lowest BCUT2D eigenvalue weighted by atomic mass is 9.79. The van der Waals surface area contributed by atoms with Crippen LogP contribution in [0.15, 0.2) is 18.2 Å². The zero-order valence-corrected chi connectivity index (χ0v) is 13.7. The molecular formula is C15H23BClNO2. The molecule has 0 aromatic heterocycles. The lowest BCUT2D eigenvalue weighted by molar-refractivity contribution is 0.00578. The molecule has 0 aliphatic carbocycles. The maximum atomic E-state index is 6.31. The Morgan fingerprint density at radius 3 is 2.25 bits per heavy atom. The van der Waals surface area contributed by atoms with Crippen LogP contribution in [0, 0.1) is 0 Å². The highest BCUT2D eigenvalue weighted by atomic mass is 35.5. The fourth-order valence-corrected chi connectivity index (χ4v) is 2.32. The van der Waals surface area contributed by atoms with Crippen LogP contribution in [0.1, 0.15) is 41.0 Å². The maximum absolute atomic E-state index is 6.31. The molecule has 1 aliphatic rings. The minimum Gasteiger partial charge on any atom is -0.399 e. The Morgan fingerprint density at radius 1 is 1.15 bits per heavy atom. The van der Waals surface area contributed by atoms with Crippen molar-refractivity contribution in [1.29, 1.82) is 0 Å². The lowest BCUT2D eigenvalue weighted by Gasteiger charge is -2.32. The molecule has 0 spiro atoms. The first-order valence-corrected chi connectivity index (χ1v) is 7.53. The van der Waals surface area contributed by atoms with Crippen molar-refractivity contribution in [2.75, 3.05) is 11.9 Å². The molecule has 1 N–H and O–H groups in total. The van der Waals surface area contributed by atoms with Crippen LogP contribution < -0.4 is 10.8 Å². The second kappa shape index (κ2) is 5.59. The van der Waals surface area contributed by atoms with E-state index >= 15 is 0 Å². The molecule has 0 radical (unpaired) electrons. The zero-order valence-electron chi connectivity index (χ0n) is 12.9. The van der Waals surface area contributed by atoms with Gasteiger partial charge in [0.05, 0.1) is 21.9 Å². The van der Waals surface area contributed by atoms with Crippen LogP contribution in [0.2, 0.25) is 5.02 Å². The molecule has 1 aromatic rings. The summed E-state index contributed by atoms with van der Waals surface area (Å²) in [6, 6.07) is 5.91. The number of rotatable bonds is 4. The molecule has 2 rings (SSSR count). The molecule has 1 saturated heterocycles. The van der Waals surface area contributed by atoms with Crippen LogP contribution in [-0.4, -0.2) is 24.9 Å². The Morgan fingerprint density at radius 2 is 1.75 bits per heavy atom. The van der Waals surface area contributed by atoms with Gasteiger partial charge in [0, 0.05) is 6.54 Å². The summed E-state index contributed by atoms with van der Waals surface area (Å²) in [5.74, 6) is 0. The standard InChI is InChI=1S/C15H23BClNO2/c1-6-9-18-13-8-7-11(10-12(13)17)16-19-14(2,3)15(4,5)20-16/h7-8,10,18H,6,9H2,1-5H3. The Labute approximate surface area is 127 Å². The van der Waals surface area contributed by atoms with Gasteiger partial charge in [0.25, 0.3) is 0 Å². The predicted octanol–water partition coefficient (Wildman–Crippen LogP) is 3.46. The van der Waals surface area contributed by atoms with Gasteiger partial charge in [-0.25, -0.2) is 0 Å². The topological polar surface area (TPSA) is 30.5 Å². The van der Waals surface area contributed by atoms with Crippen molar-refractivity contribution in [1.82, 2.24) is 0 Å². The zero-order chi connectivity index (χ0) is 15.0. The van der Waals surface area contributed by atoms with Crippen LogP contribution in [0.25, 0.3) is 0 Å². The molecule has 1 fully saturated rings. The molecule has 1 heterocycles. The molecule has 20 heavy (non-hydrogen) atoms. The largest absolute Gasteiger partial charge is 0.494 e. The van der Waals surface area contributed by atoms with E-state index in [4.69, 9.17) is 20.9 Å². The smallest absolute Gasteiger partial charge is 0.399 e. The quantitative estimate of drug-likeness (QED) is 0.863. The van der Waals surface area contributed by atoms with E-state index in [1.54, 1.807) is 0 Å². The third-order valence-electron chi connectivity index (χ3n) is 4.08. The highest BCUT2D eigenvalue weighted by Crippen LogP contribution is 2.36. The summed E-state index contributed by atoms with van der Waals surface area (Å²) >= 11 is 6.31. The van der Waals surface area contributed by atoms with E-state index in [0.717, 1.165) is 24.1 Å². The van der Waals surface area contributed by atoms with Crippen molar-refractivity contribution in [3.05, 3.63) is 23.2 Å². The number of anilines is 1. The van der Waals surface area contributed by atoms with Gasteiger partial charge in [0.1, 0.15) is 0 Å². The first-order chi connectivity index (χ1) is 9.27. The Kier molecular flexibility index (Phi) is 4.38. The normalized spacial score (nSPS) is 20.2. The third-order valence-corrected chi connectivity index (χ3v) is 4.40. The van der Waals surface area contributed by atoms with Gasteiger partial charge < -0.3 is 14.6 Å². The Hall–Kier alpha value is -0.705. The summed E-state index contributed by atoms with van der Waals surface area (Å²) in [5.41, 5.74) is 1.25. The molecule has 5 heteroatoms. The second-order valence-electron chi connectivity index (χ2n) is 6.25. The van der Waals surface area contributed by atoms with E-state index < -0.39 is 0 Å². The van der Waals surface area contributed by atoms with Gasteiger partial charge >= 0.3 is 7.12 Å². The average Bonchev–Trinajstić information content (AvgIpc) is 2.57. The minimum absolute atomic E-state index is 0.330. The van der Waals surface area contributed by atoms with E-state index in [1.807, 2.05) is 45.9 Å². The summed E-state index contributed by atoms with van der Waals surface area (Å²) < 4.78 is 12.0. The molecule has 3 nitrogen and oxygen atoms in total. The van der Waals surface area contributed by atoms with E-state index in [0.29, 0.717) is 5.02 Å². The second-order valence-corrected chi connectivity index (χ2v) is 6.66. The van der Waals surface area contributed by atoms with Gasteiger partial charge in [0.2, 0.25) is 0 Å². The molecule has 0 saturated carbocycles. The maximum Gasteiger partial charge on any atom is 0.494 e. The number of nitrogens with one attached hydrogen (secondary N) is 1. The molecular weight excluding hydrogens is 272 g/mol. The number of halogens is 1. The summed E-state index contributed by atoms with van der Waals surface area (Å²) in [6.45, 7) is 11.2. The summed E-state index contributed by atoms with van der Waals surface area (Å²) in [4.78, 5) is 0. The van der Waals surface area contributed by atoms with Crippen LogP contribution in [0.4, 0.5) is 5.69 Å². The Bertz CT molecular complexity index is 475. The molecule has 0 atom stereocenters. The number of hydrogen-bond donors (Lipinski definition) is 1. The van der Waals surface area contributed by atoms with E-state index in [9.17, 15) is 0 Å². The van der Waals surface area contributed by atoms with Gasteiger partial charge in [-0.1, -0.05) is 24.6 Å². The van der Waals surface area contributed by atoms with E-state index in [1.165, 1.54) is 0 Å². The lowest BCUT2D eigenvalue weighted by Crippen LogP contribution is -2.41. The van der Waals surface area contributed by atoms with Crippen molar-refractivity contribution in [3.63, 3.8) is 0 Å². The molecule has 0 amide bonds. The first kappa shape index (κ1) is 15.7. The summed E-state index contributed by atoms with van der Waals surface area (Å²) in [7, 11) is -0.363. The van der Waals surface area contributed by atoms with Gasteiger partial charge in [-0.15, -0.1) is 0 Å². The third kappa shape index (κ3) is 2.97. The monoisotopic (exact) mass is 295 g/mol. The first-order valence-electron chi connectivity index (χ1n) is 7.16. The van der Waals surface area contributed by atoms with E-state index in [-0.39, 0.29) is 18.3 Å². The van der Waals surface area contributed by atoms with Crippen LogP contribution in [0.3, 0.4) is 0 Å². The average molecular weight is 296 g/mol. The highest BCUT2D eigenvalue weighted by molar-refractivity contribution is 6.62. The van der Waals surface area contributed by atoms with Gasteiger partial charge in [0.15, 0.2) is 0 Å². The highest BCUT2D eigenvalue weighted by Gasteiger charge is 2.51. The summed E-state index contributed by atoms with van der Waals surface area (Å²) in [6.07, 6.45) is 1.06. The van der Waals surface area contributed by atoms with Crippen molar-refractivity contribution >= 4 is 29.9 Å². The Balaban J connectivity index is 2.17. The molecule has 1 aromatic carbocycles. The fourth-order valence-electron chi connectivity index (χ4n) is 2.06. The van der Waals surface area contributed by atoms with Crippen LogP contribution in [-0.2, 0) is 9.31 Å². The minimum atomic E-state index is -0.363. The molecule has 0 unspecified atom stereocenters. The summed E-state index contributed by atoms with van der Waals surface area (Å²) in [5, 5.41) is 4.00. The van der Waals surface area contributed by atoms with Crippen molar-refractivity contribution in [3.8, 4) is 0 Å². The number of hydrogen-bond acceptors (Lipinski definition) is 3. The van der Waals surface area contributed by atoms with Gasteiger partial charge in [-0.3, -0.25) is 0 Å². The molecule has 110 valence electrons.